The van der Waals surface area contributed by atoms with E-state index in [4.69, 9.17) is 4.42 Å². The van der Waals surface area contributed by atoms with Crippen LogP contribution in [0.2, 0.25) is 0 Å². The van der Waals surface area contributed by atoms with Gasteiger partial charge in [0.1, 0.15) is 11.5 Å². The number of hydrogen-bond acceptors (Lipinski definition) is 5. The summed E-state index contributed by atoms with van der Waals surface area (Å²) in [6.45, 7) is 3.68. The van der Waals surface area contributed by atoms with Gasteiger partial charge in [-0.15, -0.1) is 11.8 Å². The van der Waals surface area contributed by atoms with Crippen molar-refractivity contribution < 1.29 is 23.4 Å². The molecule has 8 heteroatoms. The van der Waals surface area contributed by atoms with Crippen LogP contribution < -0.4 is 5.32 Å². The molecule has 1 unspecified atom stereocenters. The lowest BCUT2D eigenvalue weighted by Crippen LogP contribution is -2.56. The van der Waals surface area contributed by atoms with Gasteiger partial charge in [0.2, 0.25) is 0 Å². The first-order valence-corrected chi connectivity index (χ1v) is 11.5. The molecular weight excluding hydrogens is 438 g/mol. The molecule has 33 heavy (non-hydrogen) atoms. The van der Waals surface area contributed by atoms with Gasteiger partial charge in [-0.1, -0.05) is 24.3 Å². The monoisotopic (exact) mass is 460 g/mol. The average Bonchev–Trinajstić information content (AvgIpc) is 3.44. The predicted molar refractivity (Wildman–Crippen MR) is 125 cm³/mol. The van der Waals surface area contributed by atoms with E-state index in [1.54, 1.807) is 12.1 Å². The Labute approximate surface area is 195 Å². The number of nitrogens with one attached hydrogen (secondary N) is 1. The number of hydrogen-bond donors (Lipinski definition) is 1. The van der Waals surface area contributed by atoms with Gasteiger partial charge in [-0.3, -0.25) is 4.79 Å². The van der Waals surface area contributed by atoms with Crippen molar-refractivity contribution in [3.8, 4) is 0 Å². The van der Waals surface area contributed by atoms with Crippen molar-refractivity contribution in [1.82, 2.24) is 4.90 Å². The number of carbonyl (C=O) groups excluding carboxylic acids is 3. The molecule has 3 heterocycles. The molecule has 0 spiro atoms. The molecule has 0 aliphatic carbocycles. The number of carbonyl (C=O) groups is 3. The fraction of sp³-hybridized carbons (Fsp3) is 0.200. The maximum absolute atomic E-state index is 13.5. The summed E-state index contributed by atoms with van der Waals surface area (Å²) in [6, 6.07) is 16.3. The minimum absolute atomic E-state index is 0.0143. The summed E-state index contributed by atoms with van der Waals surface area (Å²) in [4.78, 5) is 41.9. The molecule has 0 radical (unpaired) electrons. The summed E-state index contributed by atoms with van der Waals surface area (Å²) in [5.41, 5.74) is 4.04. The van der Waals surface area contributed by atoms with Crippen LogP contribution in [0.4, 0.5) is 10.5 Å². The van der Waals surface area contributed by atoms with E-state index in [9.17, 15) is 14.4 Å². The van der Waals surface area contributed by atoms with Crippen molar-refractivity contribution >= 4 is 41.0 Å². The first-order valence-electron chi connectivity index (χ1n) is 10.6. The lowest BCUT2D eigenvalue weighted by molar-refractivity contribution is -0.426. The molecule has 1 aromatic heterocycles. The molecule has 0 saturated carbocycles. The Kier molecular flexibility index (Phi) is 5.38. The highest BCUT2D eigenvalue weighted by molar-refractivity contribution is 8.02. The highest BCUT2D eigenvalue weighted by Gasteiger charge is 2.53. The molecule has 2 aromatic carbocycles. The second-order valence-corrected chi connectivity index (χ2v) is 9.27. The van der Waals surface area contributed by atoms with Gasteiger partial charge in [0.05, 0.1) is 6.26 Å². The summed E-state index contributed by atoms with van der Waals surface area (Å²) in [7, 11) is 0. The highest BCUT2D eigenvalue weighted by atomic mass is 32.2. The van der Waals surface area contributed by atoms with Crippen molar-refractivity contribution in [2.24, 2.45) is 0 Å². The number of amides is 4. The lowest BCUT2D eigenvalue weighted by atomic mass is 10.0. The van der Waals surface area contributed by atoms with Gasteiger partial charge in [0.15, 0.2) is 18.3 Å². The van der Waals surface area contributed by atoms with E-state index in [0.717, 1.165) is 26.5 Å². The van der Waals surface area contributed by atoms with Gasteiger partial charge in [0, 0.05) is 16.1 Å². The van der Waals surface area contributed by atoms with Crippen molar-refractivity contribution in [3.05, 3.63) is 83.3 Å². The van der Waals surface area contributed by atoms with Gasteiger partial charge >= 0.3 is 11.9 Å². The largest absolute Gasteiger partial charge is 0.501 e. The minimum Gasteiger partial charge on any atom is -0.465 e. The Morgan fingerprint density at radius 2 is 1.94 bits per heavy atom. The molecule has 3 aromatic rings. The van der Waals surface area contributed by atoms with Crippen LogP contribution in [0.15, 0.2) is 70.2 Å². The highest BCUT2D eigenvalue weighted by Crippen LogP contribution is 2.40. The molecule has 0 saturated heterocycles. The van der Waals surface area contributed by atoms with Crippen LogP contribution in [0, 0.1) is 13.8 Å². The number of furan rings is 1. The second-order valence-electron chi connectivity index (χ2n) is 8.12. The molecule has 7 nitrogen and oxygen atoms in total. The molecule has 4 amide bonds. The number of thioether (sulfide) groups is 1. The molecule has 2 aliphatic rings. The van der Waals surface area contributed by atoms with Gasteiger partial charge in [-0.25, -0.2) is 4.79 Å². The molecule has 1 N–H and O–H groups in total. The zero-order valence-electron chi connectivity index (χ0n) is 18.2. The van der Waals surface area contributed by atoms with Crippen molar-refractivity contribution in [1.29, 1.82) is 0 Å². The maximum Gasteiger partial charge on any atom is 0.501 e. The fourth-order valence-corrected chi connectivity index (χ4v) is 5.41. The van der Waals surface area contributed by atoms with Gasteiger partial charge in [-0.05, 0) is 55.3 Å². The van der Waals surface area contributed by atoms with Crippen LogP contribution in [0.5, 0.6) is 0 Å². The van der Waals surface area contributed by atoms with Gasteiger partial charge in [-0.2, -0.15) is 14.3 Å². The third-order valence-electron chi connectivity index (χ3n) is 5.76. The summed E-state index contributed by atoms with van der Waals surface area (Å²) < 4.78 is 6.79. The zero-order valence-corrected chi connectivity index (χ0v) is 19.0. The molecule has 0 bridgehead atoms. The number of nitrogens with zero attached hydrogens (tertiary/aromatic N) is 2. The first kappa shape index (κ1) is 21.2. The predicted octanol–water partition coefficient (Wildman–Crippen LogP) is 3.97. The third kappa shape index (κ3) is 3.87. The van der Waals surface area contributed by atoms with Crippen molar-refractivity contribution in [3.63, 3.8) is 0 Å². The van der Waals surface area contributed by atoms with Crippen LogP contribution in [0.3, 0.4) is 0 Å². The van der Waals surface area contributed by atoms with E-state index >= 15 is 0 Å². The standard InChI is InChI=1S/C25H21N3O4S/c1-15-9-10-16(2)19(12-15)26-21(29)14-27-22-18-7-3-4-8-20(18)33-23(22)24(30)28(25(27)31)13-17-6-5-11-32-17/h3-12,23H,13-14H2,1-2H3/p+1. The third-order valence-corrected chi connectivity index (χ3v) is 7.03. The summed E-state index contributed by atoms with van der Waals surface area (Å²) in [5, 5.41) is 2.33. The van der Waals surface area contributed by atoms with Crippen LogP contribution in [0.1, 0.15) is 22.5 Å². The minimum atomic E-state index is -0.594. The smallest absolute Gasteiger partial charge is 0.465 e. The molecule has 5 rings (SSSR count). The number of benzene rings is 2. The fourth-order valence-electron chi connectivity index (χ4n) is 4.10. The Hall–Kier alpha value is -3.65. The number of aryl methyl sites for hydroxylation is 2. The molecular formula is C25H22N3O4S+. The van der Waals surface area contributed by atoms with Gasteiger partial charge < -0.3 is 9.73 Å². The van der Waals surface area contributed by atoms with Crippen LogP contribution >= 0.6 is 11.8 Å². The zero-order chi connectivity index (χ0) is 23.1. The Morgan fingerprint density at radius 1 is 1.12 bits per heavy atom. The van der Waals surface area contributed by atoms with Crippen LogP contribution in [-0.4, -0.2) is 44.8 Å². The quantitative estimate of drug-likeness (QED) is 0.583. The van der Waals surface area contributed by atoms with Crippen LogP contribution in [-0.2, 0) is 16.1 Å². The average molecular weight is 461 g/mol. The Morgan fingerprint density at radius 3 is 2.73 bits per heavy atom. The molecule has 2 aliphatic heterocycles. The van der Waals surface area contributed by atoms with E-state index in [0.29, 0.717) is 17.2 Å². The second kappa shape index (κ2) is 8.37. The Bertz CT molecular complexity index is 1310. The lowest BCUT2D eigenvalue weighted by Gasteiger charge is -2.24. The van der Waals surface area contributed by atoms with Crippen molar-refractivity contribution in [2.75, 3.05) is 11.9 Å². The molecule has 0 fully saturated rings. The topological polar surface area (TPSA) is 82.6 Å². The Balaban J connectivity index is 1.52. The summed E-state index contributed by atoms with van der Waals surface area (Å²) in [6.07, 6.45) is 1.50. The first-order chi connectivity index (χ1) is 15.9. The number of fused-ring (bicyclic) bond motifs is 3. The normalized spacial score (nSPS) is 17.3. The number of urea groups is 1. The van der Waals surface area contributed by atoms with Gasteiger partial charge in [0.25, 0.3) is 5.91 Å². The molecule has 1 atom stereocenters. The summed E-state index contributed by atoms with van der Waals surface area (Å²) in [5.74, 6) is -0.135. The van der Waals surface area contributed by atoms with E-state index in [-0.39, 0.29) is 24.9 Å². The SMILES string of the molecule is Cc1ccc(C)c(NC(=O)C[N+]2=C3c4ccccc4SC3C(=O)N(Cc3ccco3)C2=O)c1. The van der Waals surface area contributed by atoms with E-state index in [2.05, 4.69) is 5.32 Å². The van der Waals surface area contributed by atoms with E-state index in [1.165, 1.54) is 22.6 Å². The van der Waals surface area contributed by atoms with Crippen LogP contribution in [0.25, 0.3) is 0 Å². The number of imide groups is 1. The van der Waals surface area contributed by atoms with Crippen molar-refractivity contribution in [2.45, 2.75) is 30.5 Å². The van der Waals surface area contributed by atoms with E-state index < -0.39 is 11.3 Å². The molecule has 166 valence electrons. The number of anilines is 1. The number of rotatable bonds is 5. The van der Waals surface area contributed by atoms with E-state index in [1.807, 2.05) is 56.3 Å². The summed E-state index contributed by atoms with van der Waals surface area (Å²) >= 11 is 1.40. The maximum atomic E-state index is 13.5.